The van der Waals surface area contributed by atoms with Gasteiger partial charge in [-0.25, -0.2) is 8.42 Å². The molecule has 0 atom stereocenters. The maximum absolute atomic E-state index is 12.6. The van der Waals surface area contributed by atoms with Crippen LogP contribution in [-0.4, -0.2) is 27.0 Å². The molecular weight excluding hydrogens is 352 g/mol. The molecule has 0 bridgehead atoms. The van der Waals surface area contributed by atoms with Gasteiger partial charge in [-0.2, -0.15) is 0 Å². The molecule has 0 fully saturated rings. The molecule has 2 rings (SSSR count). The number of rotatable bonds is 8. The topological polar surface area (TPSA) is 84.5 Å². The van der Waals surface area contributed by atoms with Gasteiger partial charge in [-0.15, -0.1) is 0 Å². The van der Waals surface area contributed by atoms with Crippen LogP contribution < -0.4 is 14.8 Å². The minimum atomic E-state index is -3.80. The quantitative estimate of drug-likeness (QED) is 0.739. The Labute approximate surface area is 154 Å². The van der Waals surface area contributed by atoms with E-state index in [0.29, 0.717) is 23.5 Å². The van der Waals surface area contributed by atoms with E-state index in [0.717, 1.165) is 6.42 Å². The van der Waals surface area contributed by atoms with Crippen molar-refractivity contribution in [1.82, 2.24) is 5.32 Å². The van der Waals surface area contributed by atoms with Gasteiger partial charge in [0.15, 0.2) is 0 Å². The molecule has 26 heavy (non-hydrogen) atoms. The third kappa shape index (κ3) is 5.49. The summed E-state index contributed by atoms with van der Waals surface area (Å²) in [6.07, 6.45) is 0.848. The Morgan fingerprint density at radius 3 is 2.42 bits per heavy atom. The highest BCUT2D eigenvalue weighted by molar-refractivity contribution is 7.92. The lowest BCUT2D eigenvalue weighted by Gasteiger charge is -2.12. The summed E-state index contributed by atoms with van der Waals surface area (Å²) in [5.41, 5.74) is 0.726. The van der Waals surface area contributed by atoms with Gasteiger partial charge in [0.1, 0.15) is 5.75 Å². The Hall–Kier alpha value is -2.54. The number of anilines is 1. The highest BCUT2D eigenvalue weighted by atomic mass is 32.2. The molecular formula is C19H24N2O4S. The summed E-state index contributed by atoms with van der Waals surface area (Å²) < 4.78 is 33.2. The molecule has 2 aromatic carbocycles. The lowest BCUT2D eigenvalue weighted by molar-refractivity contribution is 0.0953. The van der Waals surface area contributed by atoms with Crippen molar-refractivity contribution in [3.8, 4) is 5.75 Å². The van der Waals surface area contributed by atoms with Crippen molar-refractivity contribution in [3.63, 3.8) is 0 Å². The van der Waals surface area contributed by atoms with Crippen LogP contribution in [-0.2, 0) is 10.0 Å². The molecule has 2 aromatic rings. The zero-order valence-corrected chi connectivity index (χ0v) is 16.0. The van der Waals surface area contributed by atoms with E-state index in [1.807, 2.05) is 20.8 Å². The lowest BCUT2D eigenvalue weighted by Crippen LogP contribution is -2.24. The molecule has 0 aliphatic carbocycles. The van der Waals surface area contributed by atoms with Gasteiger partial charge in [-0.3, -0.25) is 9.52 Å². The van der Waals surface area contributed by atoms with Gasteiger partial charge in [0.05, 0.1) is 11.0 Å². The van der Waals surface area contributed by atoms with Crippen molar-refractivity contribution < 1.29 is 17.9 Å². The number of ether oxygens (including phenoxy) is 1. The van der Waals surface area contributed by atoms with Crippen molar-refractivity contribution in [2.45, 2.75) is 38.2 Å². The molecule has 0 unspecified atom stereocenters. The van der Waals surface area contributed by atoms with Gasteiger partial charge in [0.25, 0.3) is 15.9 Å². The highest BCUT2D eigenvalue weighted by Crippen LogP contribution is 2.21. The molecule has 0 aromatic heterocycles. The van der Waals surface area contributed by atoms with Crippen molar-refractivity contribution >= 4 is 21.6 Å². The Morgan fingerprint density at radius 1 is 1.12 bits per heavy atom. The molecule has 0 aliphatic heterocycles. The maximum Gasteiger partial charge on any atom is 0.261 e. The van der Waals surface area contributed by atoms with Gasteiger partial charge in [0.2, 0.25) is 0 Å². The van der Waals surface area contributed by atoms with Crippen LogP contribution in [0.4, 0.5) is 5.69 Å². The van der Waals surface area contributed by atoms with E-state index in [2.05, 4.69) is 10.0 Å². The van der Waals surface area contributed by atoms with Crippen LogP contribution in [0.5, 0.6) is 5.75 Å². The molecule has 0 aliphatic rings. The van der Waals surface area contributed by atoms with E-state index in [1.165, 1.54) is 12.1 Å². The van der Waals surface area contributed by atoms with Crippen LogP contribution in [0.1, 0.15) is 37.6 Å². The Bertz CT molecular complexity index is 846. The normalized spacial score (nSPS) is 11.2. The van der Waals surface area contributed by atoms with E-state index in [-0.39, 0.29) is 16.9 Å². The number of carbonyl (C=O) groups is 1. The summed E-state index contributed by atoms with van der Waals surface area (Å²) in [7, 11) is -3.80. The number of carbonyl (C=O) groups excluding carboxylic acids is 1. The van der Waals surface area contributed by atoms with Gasteiger partial charge in [-0.1, -0.05) is 13.0 Å². The second-order valence-corrected chi connectivity index (χ2v) is 7.76. The first-order chi connectivity index (χ1) is 12.3. The SMILES string of the molecule is CCCNC(=O)c1cccc(S(=O)(=O)Nc2ccc(OC(C)C)cc2)c1. The molecule has 0 saturated carbocycles. The predicted octanol–water partition coefficient (Wildman–Crippen LogP) is 3.41. The van der Waals surface area contributed by atoms with Crippen molar-refractivity contribution in [3.05, 3.63) is 54.1 Å². The molecule has 0 heterocycles. The summed E-state index contributed by atoms with van der Waals surface area (Å²) in [5, 5.41) is 2.73. The first-order valence-corrected chi connectivity index (χ1v) is 9.98. The standard InChI is InChI=1S/C19H24N2O4S/c1-4-12-20-19(22)15-6-5-7-18(13-15)26(23,24)21-16-8-10-17(11-9-16)25-14(2)3/h5-11,13-14,21H,4,12H2,1-3H3,(H,20,22). The summed E-state index contributed by atoms with van der Waals surface area (Å²) >= 11 is 0. The number of nitrogens with one attached hydrogen (secondary N) is 2. The van der Waals surface area contributed by atoms with Crippen LogP contribution in [0.2, 0.25) is 0 Å². The lowest BCUT2D eigenvalue weighted by atomic mass is 10.2. The second kappa shape index (κ2) is 8.71. The highest BCUT2D eigenvalue weighted by Gasteiger charge is 2.16. The third-order valence-corrected chi connectivity index (χ3v) is 4.80. The van der Waals surface area contributed by atoms with Gasteiger partial charge in [-0.05, 0) is 62.7 Å². The van der Waals surface area contributed by atoms with Crippen LogP contribution in [0.3, 0.4) is 0 Å². The third-order valence-electron chi connectivity index (χ3n) is 3.42. The van der Waals surface area contributed by atoms with Crippen molar-refractivity contribution in [2.75, 3.05) is 11.3 Å². The van der Waals surface area contributed by atoms with Crippen LogP contribution >= 0.6 is 0 Å². The van der Waals surface area contributed by atoms with E-state index in [9.17, 15) is 13.2 Å². The second-order valence-electron chi connectivity index (χ2n) is 6.08. The molecule has 0 radical (unpaired) electrons. The summed E-state index contributed by atoms with van der Waals surface area (Å²) in [5.74, 6) is 0.372. The fourth-order valence-corrected chi connectivity index (χ4v) is 3.34. The molecule has 140 valence electrons. The summed E-state index contributed by atoms with van der Waals surface area (Å²) in [6.45, 7) is 6.32. The number of sulfonamides is 1. The number of hydrogen-bond donors (Lipinski definition) is 2. The summed E-state index contributed by atoms with van der Waals surface area (Å²) in [4.78, 5) is 12.1. The first kappa shape index (κ1) is 19.8. The van der Waals surface area contributed by atoms with Crippen LogP contribution in [0.25, 0.3) is 0 Å². The average molecular weight is 376 g/mol. The van der Waals surface area contributed by atoms with Crippen LogP contribution in [0, 0.1) is 0 Å². The fourth-order valence-electron chi connectivity index (χ4n) is 2.23. The Kier molecular flexibility index (Phi) is 6.63. The molecule has 7 heteroatoms. The summed E-state index contributed by atoms with van der Waals surface area (Å²) in [6, 6.07) is 12.6. The average Bonchev–Trinajstić information content (AvgIpc) is 2.61. The zero-order valence-electron chi connectivity index (χ0n) is 15.2. The van der Waals surface area contributed by atoms with Gasteiger partial charge in [0, 0.05) is 17.8 Å². The number of amides is 1. The molecule has 0 saturated heterocycles. The van der Waals surface area contributed by atoms with E-state index in [4.69, 9.17) is 4.74 Å². The monoisotopic (exact) mass is 376 g/mol. The Morgan fingerprint density at radius 2 is 1.81 bits per heavy atom. The fraction of sp³-hybridized carbons (Fsp3) is 0.316. The largest absolute Gasteiger partial charge is 0.491 e. The number of hydrogen-bond acceptors (Lipinski definition) is 4. The van der Waals surface area contributed by atoms with E-state index < -0.39 is 10.0 Å². The van der Waals surface area contributed by atoms with E-state index in [1.54, 1.807) is 36.4 Å². The van der Waals surface area contributed by atoms with Gasteiger partial charge >= 0.3 is 0 Å². The molecule has 6 nitrogen and oxygen atoms in total. The van der Waals surface area contributed by atoms with Crippen LogP contribution in [0.15, 0.2) is 53.4 Å². The maximum atomic E-state index is 12.6. The smallest absolute Gasteiger partial charge is 0.261 e. The predicted molar refractivity (Wildman–Crippen MR) is 102 cm³/mol. The van der Waals surface area contributed by atoms with Crippen molar-refractivity contribution in [1.29, 1.82) is 0 Å². The molecule has 0 spiro atoms. The Balaban J connectivity index is 2.15. The van der Waals surface area contributed by atoms with Gasteiger partial charge < -0.3 is 10.1 Å². The minimum absolute atomic E-state index is 0.0316. The molecule has 2 N–H and O–H groups in total. The van der Waals surface area contributed by atoms with E-state index >= 15 is 0 Å². The molecule has 1 amide bonds. The zero-order chi connectivity index (χ0) is 19.2. The van der Waals surface area contributed by atoms with Crippen molar-refractivity contribution in [2.24, 2.45) is 0 Å². The first-order valence-electron chi connectivity index (χ1n) is 8.49. The number of benzene rings is 2. The minimum Gasteiger partial charge on any atom is -0.491 e.